The van der Waals surface area contributed by atoms with Gasteiger partial charge in [0.25, 0.3) is 0 Å². The molecule has 3 heteroatoms. The first-order valence-electron chi connectivity index (χ1n) is 7.41. The normalized spacial score (nSPS) is 12.3. The molecule has 0 unspecified atom stereocenters. The van der Waals surface area contributed by atoms with Crippen LogP contribution in [-0.4, -0.2) is 11.9 Å². The molecule has 0 heterocycles. The van der Waals surface area contributed by atoms with E-state index in [1.807, 2.05) is 25.1 Å². The van der Waals surface area contributed by atoms with Gasteiger partial charge in [-0.25, -0.2) is 4.39 Å². The molecule has 0 bridgehead atoms. The topological polar surface area (TPSA) is 29.1 Å². The highest BCUT2D eigenvalue weighted by molar-refractivity contribution is 5.91. The van der Waals surface area contributed by atoms with Crippen LogP contribution in [0.1, 0.15) is 24.5 Å². The third-order valence-electron chi connectivity index (χ3n) is 3.39. The number of amides is 1. The highest BCUT2D eigenvalue weighted by Crippen LogP contribution is 2.06. The van der Waals surface area contributed by atoms with Crippen molar-refractivity contribution in [2.75, 3.05) is 0 Å². The second-order valence-electron chi connectivity index (χ2n) is 5.32. The Labute approximate surface area is 130 Å². The van der Waals surface area contributed by atoms with Gasteiger partial charge in [-0.15, -0.1) is 0 Å². The van der Waals surface area contributed by atoms with E-state index in [9.17, 15) is 9.18 Å². The zero-order chi connectivity index (χ0) is 15.8. The predicted octanol–water partition coefficient (Wildman–Crippen LogP) is 3.98. The van der Waals surface area contributed by atoms with Crippen molar-refractivity contribution in [3.05, 3.63) is 77.6 Å². The zero-order valence-electron chi connectivity index (χ0n) is 12.6. The molecule has 2 aromatic carbocycles. The highest BCUT2D eigenvalue weighted by Gasteiger charge is 2.05. The second-order valence-corrected chi connectivity index (χ2v) is 5.32. The average molecular weight is 297 g/mol. The Balaban J connectivity index is 1.77. The Hall–Kier alpha value is -2.42. The molecule has 0 aliphatic heterocycles. The summed E-state index contributed by atoms with van der Waals surface area (Å²) in [7, 11) is 0. The van der Waals surface area contributed by atoms with E-state index in [1.165, 1.54) is 23.8 Å². The molecule has 0 fully saturated rings. The van der Waals surface area contributed by atoms with Gasteiger partial charge >= 0.3 is 0 Å². The van der Waals surface area contributed by atoms with Crippen molar-refractivity contribution in [1.29, 1.82) is 0 Å². The Morgan fingerprint density at radius 2 is 1.82 bits per heavy atom. The van der Waals surface area contributed by atoms with Crippen LogP contribution in [0.15, 0.2) is 60.7 Å². The lowest BCUT2D eigenvalue weighted by Gasteiger charge is -2.12. The van der Waals surface area contributed by atoms with Crippen LogP contribution in [0.5, 0.6) is 0 Å². The van der Waals surface area contributed by atoms with E-state index >= 15 is 0 Å². The average Bonchev–Trinajstić information content (AvgIpc) is 2.53. The number of carbonyl (C=O) groups excluding carboxylic acids is 1. The molecule has 0 aromatic heterocycles. The van der Waals surface area contributed by atoms with Crippen LogP contribution in [0.4, 0.5) is 4.39 Å². The Bertz CT molecular complexity index is 620. The molecule has 0 aliphatic carbocycles. The van der Waals surface area contributed by atoms with Gasteiger partial charge in [0.2, 0.25) is 5.91 Å². The molecule has 2 rings (SSSR count). The van der Waals surface area contributed by atoms with Crippen molar-refractivity contribution in [3.8, 4) is 0 Å². The van der Waals surface area contributed by atoms with Crippen LogP contribution < -0.4 is 5.32 Å². The van der Waals surface area contributed by atoms with E-state index in [2.05, 4.69) is 17.4 Å². The first-order chi connectivity index (χ1) is 10.6. The molecule has 0 aliphatic rings. The maximum Gasteiger partial charge on any atom is 0.244 e. The van der Waals surface area contributed by atoms with Crippen LogP contribution in [-0.2, 0) is 11.2 Å². The molecular formula is C19H20FNO. The second kappa shape index (κ2) is 8.13. The Morgan fingerprint density at radius 3 is 2.50 bits per heavy atom. The lowest BCUT2D eigenvalue weighted by molar-refractivity contribution is -0.117. The SMILES string of the molecule is C[C@@H](CCc1ccccc1)NC(=O)/C=C\c1ccc(F)cc1. The van der Waals surface area contributed by atoms with Crippen molar-refractivity contribution in [2.24, 2.45) is 0 Å². The van der Waals surface area contributed by atoms with E-state index in [0.29, 0.717) is 0 Å². The van der Waals surface area contributed by atoms with Crippen molar-refractivity contribution in [2.45, 2.75) is 25.8 Å². The minimum atomic E-state index is -0.281. The van der Waals surface area contributed by atoms with Gasteiger partial charge in [0.1, 0.15) is 5.82 Å². The molecule has 2 nitrogen and oxygen atoms in total. The molecule has 114 valence electrons. The largest absolute Gasteiger partial charge is 0.350 e. The lowest BCUT2D eigenvalue weighted by atomic mass is 10.1. The monoisotopic (exact) mass is 297 g/mol. The fourth-order valence-corrected chi connectivity index (χ4v) is 2.14. The van der Waals surface area contributed by atoms with E-state index in [1.54, 1.807) is 18.2 Å². The van der Waals surface area contributed by atoms with Crippen LogP contribution in [0.3, 0.4) is 0 Å². The minimum Gasteiger partial charge on any atom is -0.350 e. The van der Waals surface area contributed by atoms with Crippen molar-refractivity contribution in [3.63, 3.8) is 0 Å². The van der Waals surface area contributed by atoms with Crippen LogP contribution in [0.2, 0.25) is 0 Å². The van der Waals surface area contributed by atoms with Crippen LogP contribution >= 0.6 is 0 Å². The van der Waals surface area contributed by atoms with Gasteiger partial charge in [0.05, 0.1) is 0 Å². The maximum atomic E-state index is 12.8. The quantitative estimate of drug-likeness (QED) is 0.803. The summed E-state index contributed by atoms with van der Waals surface area (Å²) in [6, 6.07) is 16.3. The number of carbonyl (C=O) groups is 1. The van der Waals surface area contributed by atoms with Crippen LogP contribution in [0.25, 0.3) is 6.08 Å². The van der Waals surface area contributed by atoms with E-state index in [0.717, 1.165) is 18.4 Å². The first-order valence-corrected chi connectivity index (χ1v) is 7.41. The van der Waals surface area contributed by atoms with Gasteiger partial charge in [0.15, 0.2) is 0 Å². The van der Waals surface area contributed by atoms with Gasteiger partial charge in [-0.2, -0.15) is 0 Å². The smallest absolute Gasteiger partial charge is 0.244 e. The summed E-state index contributed by atoms with van der Waals surface area (Å²) in [5.41, 5.74) is 2.07. The van der Waals surface area contributed by atoms with Gasteiger partial charge in [-0.05, 0) is 49.1 Å². The summed E-state index contributed by atoms with van der Waals surface area (Å²) in [5, 5.41) is 2.93. The van der Waals surface area contributed by atoms with Crippen molar-refractivity contribution < 1.29 is 9.18 Å². The first kappa shape index (κ1) is 16.0. The number of benzene rings is 2. The number of halogens is 1. The summed E-state index contributed by atoms with van der Waals surface area (Å²) in [6.45, 7) is 1.99. The molecule has 22 heavy (non-hydrogen) atoms. The Morgan fingerprint density at radius 1 is 1.14 bits per heavy atom. The maximum absolute atomic E-state index is 12.8. The molecule has 0 saturated carbocycles. The molecule has 1 atom stereocenters. The summed E-state index contributed by atoms with van der Waals surface area (Å²) in [6.07, 6.45) is 4.98. The van der Waals surface area contributed by atoms with Gasteiger partial charge in [-0.1, -0.05) is 42.5 Å². The molecule has 0 spiro atoms. The summed E-state index contributed by atoms with van der Waals surface area (Å²) >= 11 is 0. The molecular weight excluding hydrogens is 277 g/mol. The molecule has 0 saturated heterocycles. The molecule has 1 N–H and O–H groups in total. The van der Waals surface area contributed by atoms with Gasteiger partial charge < -0.3 is 5.32 Å². The van der Waals surface area contributed by atoms with Gasteiger partial charge in [0, 0.05) is 12.1 Å². The number of rotatable bonds is 6. The molecule has 0 radical (unpaired) electrons. The van der Waals surface area contributed by atoms with Crippen molar-refractivity contribution >= 4 is 12.0 Å². The van der Waals surface area contributed by atoms with E-state index in [4.69, 9.17) is 0 Å². The molecule has 2 aromatic rings. The highest BCUT2D eigenvalue weighted by atomic mass is 19.1. The fraction of sp³-hybridized carbons (Fsp3) is 0.211. The lowest BCUT2D eigenvalue weighted by Crippen LogP contribution is -2.31. The number of aryl methyl sites for hydroxylation is 1. The predicted molar refractivity (Wildman–Crippen MR) is 87.8 cm³/mol. The number of hydrogen-bond donors (Lipinski definition) is 1. The standard InChI is InChI=1S/C19H20FNO/c1-15(7-8-16-5-3-2-4-6-16)21-19(22)14-11-17-9-12-18(20)13-10-17/h2-6,9-15H,7-8H2,1H3,(H,21,22)/b14-11-/t15-/m0/s1. The number of nitrogens with one attached hydrogen (secondary N) is 1. The minimum absolute atomic E-state index is 0.102. The Kier molecular flexibility index (Phi) is 5.90. The summed E-state index contributed by atoms with van der Waals surface area (Å²) in [5.74, 6) is -0.416. The van der Waals surface area contributed by atoms with E-state index < -0.39 is 0 Å². The van der Waals surface area contributed by atoms with Gasteiger partial charge in [-0.3, -0.25) is 4.79 Å². The fourth-order valence-electron chi connectivity index (χ4n) is 2.14. The van der Waals surface area contributed by atoms with Crippen LogP contribution in [0, 0.1) is 5.82 Å². The van der Waals surface area contributed by atoms with Crippen molar-refractivity contribution in [1.82, 2.24) is 5.32 Å². The summed E-state index contributed by atoms with van der Waals surface area (Å²) in [4.78, 5) is 11.8. The third kappa shape index (κ3) is 5.52. The summed E-state index contributed by atoms with van der Waals surface area (Å²) < 4.78 is 12.8. The third-order valence-corrected chi connectivity index (χ3v) is 3.39. The number of hydrogen-bond acceptors (Lipinski definition) is 1. The zero-order valence-corrected chi connectivity index (χ0v) is 12.6. The molecule has 1 amide bonds. The van der Waals surface area contributed by atoms with E-state index in [-0.39, 0.29) is 17.8 Å².